The Balaban J connectivity index is 1.42. The lowest BCUT2D eigenvalue weighted by Crippen LogP contribution is -2.51. The molecule has 1 amide bonds. The molecule has 2 heterocycles. The van der Waals surface area contributed by atoms with Crippen LogP contribution in [0.5, 0.6) is 0 Å². The van der Waals surface area contributed by atoms with Gasteiger partial charge in [-0.05, 0) is 43.9 Å². The average Bonchev–Trinajstić information content (AvgIpc) is 3.10. The topological polar surface area (TPSA) is 56.4 Å². The van der Waals surface area contributed by atoms with Crippen molar-refractivity contribution in [3.8, 4) is 11.1 Å². The normalized spacial score (nSPS) is 24.9. The molecule has 0 aromatic heterocycles. The third-order valence-electron chi connectivity index (χ3n) is 5.85. The summed E-state index contributed by atoms with van der Waals surface area (Å²) in [5.41, 5.74) is 10.6. The Morgan fingerprint density at radius 3 is 2.41 bits per heavy atom. The first-order chi connectivity index (χ1) is 13.9. The molecule has 0 bridgehead atoms. The highest BCUT2D eigenvalue weighted by Gasteiger charge is 2.40. The van der Waals surface area contributed by atoms with E-state index in [1.807, 2.05) is 26.8 Å². The van der Waals surface area contributed by atoms with Gasteiger partial charge in [0.1, 0.15) is 0 Å². The first-order valence-corrected chi connectivity index (χ1v) is 10.6. The van der Waals surface area contributed by atoms with Gasteiger partial charge in [-0.25, -0.2) is 5.43 Å². The maximum atomic E-state index is 12.4. The number of hydrogen-bond acceptors (Lipinski definition) is 4. The number of nitrogens with zero attached hydrogens (tertiary/aromatic N) is 1. The van der Waals surface area contributed by atoms with Gasteiger partial charge in [0.15, 0.2) is 0 Å². The molecule has 2 aliphatic heterocycles. The molecule has 2 saturated heterocycles. The molecule has 4 rings (SSSR count). The maximum Gasteiger partial charge on any atom is 0.234 e. The smallest absolute Gasteiger partial charge is 0.234 e. The highest BCUT2D eigenvalue weighted by molar-refractivity contribution is 5.78. The summed E-state index contributed by atoms with van der Waals surface area (Å²) in [6.07, 6.45) is 1.05. The van der Waals surface area contributed by atoms with Crippen LogP contribution < -0.4 is 16.2 Å². The van der Waals surface area contributed by atoms with Crippen molar-refractivity contribution in [3.05, 3.63) is 60.2 Å². The Kier molecular flexibility index (Phi) is 5.72. The van der Waals surface area contributed by atoms with Gasteiger partial charge in [0.2, 0.25) is 5.91 Å². The Labute approximate surface area is 173 Å². The van der Waals surface area contributed by atoms with Crippen LogP contribution in [0.25, 0.3) is 11.1 Å². The first kappa shape index (κ1) is 20.1. The van der Waals surface area contributed by atoms with E-state index in [0.29, 0.717) is 18.5 Å². The summed E-state index contributed by atoms with van der Waals surface area (Å²) >= 11 is 0. The van der Waals surface area contributed by atoms with Crippen LogP contribution in [-0.2, 0) is 4.79 Å². The highest BCUT2D eigenvalue weighted by atomic mass is 16.2. The van der Waals surface area contributed by atoms with E-state index in [-0.39, 0.29) is 17.5 Å². The lowest BCUT2D eigenvalue weighted by molar-refractivity contribution is -0.124. The van der Waals surface area contributed by atoms with E-state index in [2.05, 4.69) is 69.6 Å². The van der Waals surface area contributed by atoms with Gasteiger partial charge in [-0.3, -0.25) is 15.1 Å². The Morgan fingerprint density at radius 1 is 1.03 bits per heavy atom. The summed E-state index contributed by atoms with van der Waals surface area (Å²) in [6.45, 7) is 8.42. The second-order valence-corrected chi connectivity index (χ2v) is 9.35. The van der Waals surface area contributed by atoms with Gasteiger partial charge in [-0.2, -0.15) is 0 Å². The molecule has 0 radical (unpaired) electrons. The molecule has 2 fully saturated rings. The zero-order valence-corrected chi connectivity index (χ0v) is 17.6. The lowest BCUT2D eigenvalue weighted by Gasteiger charge is -2.36. The monoisotopic (exact) mass is 392 g/mol. The third-order valence-corrected chi connectivity index (χ3v) is 5.85. The third kappa shape index (κ3) is 4.86. The number of likely N-dealkylation sites (tertiary alicyclic amines) is 1. The van der Waals surface area contributed by atoms with Crippen molar-refractivity contribution < 1.29 is 4.79 Å². The second-order valence-electron chi connectivity index (χ2n) is 9.35. The lowest BCUT2D eigenvalue weighted by atomic mass is 9.84. The summed E-state index contributed by atoms with van der Waals surface area (Å²) in [4.78, 5) is 14.7. The molecule has 0 saturated carbocycles. The van der Waals surface area contributed by atoms with Crippen molar-refractivity contribution in [2.45, 2.75) is 44.8 Å². The van der Waals surface area contributed by atoms with Gasteiger partial charge in [0.25, 0.3) is 0 Å². The predicted molar refractivity (Wildman–Crippen MR) is 117 cm³/mol. The van der Waals surface area contributed by atoms with Crippen LogP contribution in [0, 0.1) is 5.92 Å². The van der Waals surface area contributed by atoms with Gasteiger partial charge in [0, 0.05) is 30.6 Å². The number of benzene rings is 2. The van der Waals surface area contributed by atoms with Crippen molar-refractivity contribution in [2.75, 3.05) is 19.6 Å². The average molecular weight is 393 g/mol. The van der Waals surface area contributed by atoms with E-state index in [0.717, 1.165) is 19.5 Å². The summed E-state index contributed by atoms with van der Waals surface area (Å²) in [5, 5.41) is 3.08. The number of rotatable bonds is 4. The summed E-state index contributed by atoms with van der Waals surface area (Å²) < 4.78 is 0. The van der Waals surface area contributed by atoms with Crippen LogP contribution in [0.15, 0.2) is 54.6 Å². The zero-order valence-electron chi connectivity index (χ0n) is 17.6. The molecule has 5 heteroatoms. The van der Waals surface area contributed by atoms with E-state index < -0.39 is 0 Å². The van der Waals surface area contributed by atoms with Gasteiger partial charge < -0.3 is 5.32 Å². The summed E-state index contributed by atoms with van der Waals surface area (Å²) in [5.74, 6) is 0.562. The van der Waals surface area contributed by atoms with Crippen LogP contribution in [0.1, 0.15) is 38.8 Å². The van der Waals surface area contributed by atoms with Gasteiger partial charge in [0.05, 0.1) is 12.6 Å². The number of carbonyl (C=O) groups excluding carboxylic acids is 1. The first-order valence-electron chi connectivity index (χ1n) is 10.6. The van der Waals surface area contributed by atoms with Crippen molar-refractivity contribution in [1.29, 1.82) is 0 Å². The number of hydrazine groups is 1. The van der Waals surface area contributed by atoms with Crippen LogP contribution in [0.2, 0.25) is 0 Å². The minimum absolute atomic E-state index is 0.110. The molecule has 154 valence electrons. The van der Waals surface area contributed by atoms with Crippen molar-refractivity contribution in [3.63, 3.8) is 0 Å². The van der Waals surface area contributed by atoms with Gasteiger partial charge in [-0.1, -0.05) is 54.6 Å². The number of nitrogens with one attached hydrogen (secondary N) is 3. The minimum Gasteiger partial charge on any atom is -0.350 e. The molecule has 3 atom stereocenters. The van der Waals surface area contributed by atoms with Gasteiger partial charge in [-0.15, -0.1) is 0 Å². The minimum atomic E-state index is -0.186. The number of hydrogen-bond donors (Lipinski definition) is 3. The van der Waals surface area contributed by atoms with Crippen molar-refractivity contribution >= 4 is 5.91 Å². The number of fused-ring (bicyclic) bond motifs is 1. The molecule has 5 nitrogen and oxygen atoms in total. The van der Waals surface area contributed by atoms with E-state index >= 15 is 0 Å². The molecule has 0 aliphatic carbocycles. The fourth-order valence-corrected chi connectivity index (χ4v) is 4.52. The van der Waals surface area contributed by atoms with E-state index in [9.17, 15) is 4.79 Å². The van der Waals surface area contributed by atoms with Crippen LogP contribution in [0.4, 0.5) is 0 Å². The predicted octanol–water partition coefficient (Wildman–Crippen LogP) is 3.11. The number of amides is 1. The van der Waals surface area contributed by atoms with Crippen LogP contribution >= 0.6 is 0 Å². The quantitative estimate of drug-likeness (QED) is 0.748. The molecule has 29 heavy (non-hydrogen) atoms. The zero-order chi connectivity index (χ0) is 20.4. The molecule has 0 spiro atoms. The van der Waals surface area contributed by atoms with Crippen molar-refractivity contribution in [2.24, 2.45) is 5.92 Å². The molecule has 2 aliphatic rings. The number of carbonyl (C=O) groups is 1. The van der Waals surface area contributed by atoms with Gasteiger partial charge >= 0.3 is 0 Å². The Morgan fingerprint density at radius 2 is 1.72 bits per heavy atom. The van der Waals surface area contributed by atoms with Crippen molar-refractivity contribution in [1.82, 2.24) is 21.1 Å². The molecular formula is C24H32N4O. The second kappa shape index (κ2) is 8.27. The van der Waals surface area contributed by atoms with E-state index in [4.69, 9.17) is 0 Å². The van der Waals surface area contributed by atoms with E-state index in [1.54, 1.807) is 0 Å². The summed E-state index contributed by atoms with van der Waals surface area (Å²) in [6, 6.07) is 20.1. The Bertz CT molecular complexity index is 828. The standard InChI is InChI=1S/C24H32N4O/c1-24(2,3)25-22(29)16-28-14-13-21-20(15-28)23(27-26-21)19-11-9-18(10-12-19)17-7-5-4-6-8-17/h4-12,20-21,23,26-27H,13-16H2,1-3H3,(H,25,29). The SMILES string of the molecule is CC(C)(C)NC(=O)CN1CCC2NNC(c3ccc(-c4ccccc4)cc3)C2C1. The Hall–Kier alpha value is -2.21. The molecule has 2 aromatic rings. The van der Waals surface area contributed by atoms with Crippen LogP contribution in [0.3, 0.4) is 0 Å². The van der Waals surface area contributed by atoms with Crippen LogP contribution in [-0.4, -0.2) is 42.0 Å². The fraction of sp³-hybridized carbons (Fsp3) is 0.458. The highest BCUT2D eigenvalue weighted by Crippen LogP contribution is 2.34. The fourth-order valence-electron chi connectivity index (χ4n) is 4.52. The molecular weight excluding hydrogens is 360 g/mol. The molecule has 3 unspecified atom stereocenters. The number of piperidine rings is 1. The van der Waals surface area contributed by atoms with E-state index in [1.165, 1.54) is 16.7 Å². The largest absolute Gasteiger partial charge is 0.350 e. The molecule has 3 N–H and O–H groups in total. The maximum absolute atomic E-state index is 12.4. The molecule has 2 aromatic carbocycles. The summed E-state index contributed by atoms with van der Waals surface area (Å²) in [7, 11) is 0.